The van der Waals surface area contributed by atoms with Gasteiger partial charge in [0.2, 0.25) is 0 Å². The lowest BCUT2D eigenvalue weighted by Crippen LogP contribution is -2.33. The zero-order valence-electron chi connectivity index (χ0n) is 19.0. The van der Waals surface area contributed by atoms with Crippen LogP contribution in [0.5, 0.6) is 0 Å². The molecule has 1 fully saturated rings. The maximum Gasteiger partial charge on any atom is 0.529 e. The van der Waals surface area contributed by atoms with Crippen molar-refractivity contribution in [1.82, 2.24) is 19.5 Å². The van der Waals surface area contributed by atoms with Gasteiger partial charge in [-0.1, -0.05) is 45.4 Å². The van der Waals surface area contributed by atoms with E-state index in [1.165, 1.54) is 23.6 Å². The number of aliphatic hydroxyl groups excluding tert-OH is 2. The number of rotatable bonds is 13. The molecule has 0 aromatic carbocycles. The molecule has 1 aliphatic rings. The molecule has 13 nitrogen and oxygen atoms in total. The Hall–Kier alpha value is -2.15. The number of phosphoric ester groups is 1. The zero-order chi connectivity index (χ0) is 24.7. The maximum absolute atomic E-state index is 12.1. The number of nitrogens with two attached hydrogens (primary N) is 1. The van der Waals surface area contributed by atoms with Gasteiger partial charge < -0.3 is 25.2 Å². The van der Waals surface area contributed by atoms with Crippen LogP contribution in [0.1, 0.15) is 64.5 Å². The summed E-state index contributed by atoms with van der Waals surface area (Å²) in [4.78, 5) is 33.7. The Labute approximate surface area is 196 Å². The van der Waals surface area contributed by atoms with Gasteiger partial charge in [0, 0.05) is 6.42 Å². The molecule has 0 amide bonds. The lowest BCUT2D eigenvalue weighted by atomic mass is 10.1. The average Bonchev–Trinajstić information content (AvgIpc) is 3.34. The number of anilines is 1. The monoisotopic (exact) mass is 501 g/mol. The Balaban J connectivity index is 1.47. The first-order chi connectivity index (χ1) is 16.2. The van der Waals surface area contributed by atoms with Crippen LogP contribution in [0.2, 0.25) is 0 Å². The molecule has 0 radical (unpaired) electrons. The molecule has 0 aliphatic carbocycles. The van der Waals surface area contributed by atoms with Crippen molar-refractivity contribution in [2.75, 3.05) is 12.3 Å². The van der Waals surface area contributed by atoms with Gasteiger partial charge in [0.1, 0.15) is 30.2 Å². The van der Waals surface area contributed by atoms with Gasteiger partial charge in [-0.15, -0.1) is 0 Å². The quantitative estimate of drug-likeness (QED) is 0.230. The maximum atomic E-state index is 12.1. The minimum absolute atomic E-state index is 0.00369. The van der Waals surface area contributed by atoms with Crippen molar-refractivity contribution in [3.05, 3.63) is 12.7 Å². The summed E-state index contributed by atoms with van der Waals surface area (Å²) in [6.45, 7) is 1.54. The van der Waals surface area contributed by atoms with E-state index in [-0.39, 0.29) is 17.9 Å². The van der Waals surface area contributed by atoms with E-state index in [2.05, 4.69) is 26.4 Å². The normalized spacial score (nSPS) is 24.4. The first-order valence-electron chi connectivity index (χ1n) is 11.4. The Morgan fingerprint density at radius 1 is 1.15 bits per heavy atom. The van der Waals surface area contributed by atoms with Crippen LogP contribution in [-0.2, 0) is 23.1 Å². The summed E-state index contributed by atoms with van der Waals surface area (Å²) < 4.78 is 28.6. The number of carbonyl (C=O) groups is 1. The summed E-state index contributed by atoms with van der Waals surface area (Å²) in [5, 5.41) is 20.7. The third-order valence-electron chi connectivity index (χ3n) is 5.60. The van der Waals surface area contributed by atoms with Crippen molar-refractivity contribution < 1.29 is 38.3 Å². The Morgan fingerprint density at radius 3 is 2.59 bits per heavy atom. The molecule has 2 aromatic rings. The second-order valence-corrected chi connectivity index (χ2v) is 9.61. The molecule has 5 N–H and O–H groups in total. The van der Waals surface area contributed by atoms with Crippen molar-refractivity contribution in [3.8, 4) is 0 Å². The number of ether oxygens (including phenoxy) is 1. The van der Waals surface area contributed by atoms with Crippen LogP contribution in [0.4, 0.5) is 5.82 Å². The number of phosphoric acid groups is 1. The van der Waals surface area contributed by atoms with Gasteiger partial charge in [-0.3, -0.25) is 18.8 Å². The predicted octanol–water partition coefficient (Wildman–Crippen LogP) is 1.83. The molecule has 5 atom stereocenters. The fourth-order valence-corrected chi connectivity index (χ4v) is 4.48. The van der Waals surface area contributed by atoms with Crippen LogP contribution < -0.4 is 5.73 Å². The topological polar surface area (TPSA) is 192 Å². The van der Waals surface area contributed by atoms with Gasteiger partial charge in [0.25, 0.3) is 0 Å². The highest BCUT2D eigenvalue weighted by atomic mass is 31.2. The molecule has 0 spiro atoms. The number of imidazole rings is 1. The van der Waals surface area contributed by atoms with E-state index in [1.54, 1.807) is 0 Å². The predicted molar refractivity (Wildman–Crippen MR) is 120 cm³/mol. The Kier molecular flexibility index (Phi) is 9.34. The molecule has 1 unspecified atom stereocenters. The molecular formula is C20H32N5O8P. The van der Waals surface area contributed by atoms with E-state index in [4.69, 9.17) is 15.0 Å². The average molecular weight is 501 g/mol. The molecule has 3 rings (SSSR count). The van der Waals surface area contributed by atoms with Crippen molar-refractivity contribution >= 4 is 30.8 Å². The van der Waals surface area contributed by atoms with Crippen molar-refractivity contribution in [1.29, 1.82) is 0 Å². The third-order valence-corrected chi connectivity index (χ3v) is 6.51. The van der Waals surface area contributed by atoms with Crippen molar-refractivity contribution in [3.63, 3.8) is 0 Å². The van der Waals surface area contributed by atoms with Gasteiger partial charge >= 0.3 is 13.8 Å². The van der Waals surface area contributed by atoms with E-state index in [0.717, 1.165) is 32.1 Å². The SMILES string of the molecule is CCCCCCCCCC(=O)OP(=O)(O)OC[C@H]1O[C@@H](n2cnc3c(N)ncnc32)[C@H](O)[C@@H]1O. The molecule has 34 heavy (non-hydrogen) atoms. The number of fused-ring (bicyclic) bond motifs is 1. The number of carbonyl (C=O) groups excluding carboxylic acids is 1. The fraction of sp³-hybridized carbons (Fsp3) is 0.700. The standard InChI is InChI=1S/C20H32N5O8P/c1-2-3-4-5-6-7-8-9-14(26)33-34(29,30)31-10-13-16(27)17(28)20(32-13)25-12-24-15-18(21)22-11-23-19(15)25/h11-13,16-17,20,27-28H,2-10H2,1H3,(H,29,30)(H2,21,22,23)/t13-,16-,17-,20-/m1/s1. The van der Waals surface area contributed by atoms with E-state index in [1.807, 2.05) is 0 Å². The first-order valence-corrected chi connectivity index (χ1v) is 12.9. The number of aliphatic hydroxyl groups is 2. The van der Waals surface area contributed by atoms with Crippen LogP contribution in [-0.4, -0.2) is 65.5 Å². The first kappa shape index (κ1) is 26.5. The minimum Gasteiger partial charge on any atom is -0.387 e. The summed E-state index contributed by atoms with van der Waals surface area (Å²) in [5.41, 5.74) is 6.32. The van der Waals surface area contributed by atoms with E-state index in [0.29, 0.717) is 11.9 Å². The van der Waals surface area contributed by atoms with Gasteiger partial charge in [-0.2, -0.15) is 0 Å². The lowest BCUT2D eigenvalue weighted by molar-refractivity contribution is -0.136. The number of hydrogen-bond donors (Lipinski definition) is 4. The van der Waals surface area contributed by atoms with Crippen LogP contribution in [0.3, 0.4) is 0 Å². The number of nitrogens with zero attached hydrogens (tertiary/aromatic N) is 4. The summed E-state index contributed by atoms with van der Waals surface area (Å²) in [6.07, 6.45) is 4.35. The summed E-state index contributed by atoms with van der Waals surface area (Å²) in [6, 6.07) is 0. The number of unbranched alkanes of at least 4 members (excludes halogenated alkanes) is 6. The van der Waals surface area contributed by atoms with Crippen LogP contribution >= 0.6 is 7.82 Å². The Morgan fingerprint density at radius 2 is 1.85 bits per heavy atom. The molecule has 3 heterocycles. The van der Waals surface area contributed by atoms with Gasteiger partial charge in [-0.05, 0) is 6.42 Å². The highest BCUT2D eigenvalue weighted by Crippen LogP contribution is 2.45. The van der Waals surface area contributed by atoms with Crippen LogP contribution in [0.15, 0.2) is 12.7 Å². The van der Waals surface area contributed by atoms with Crippen molar-refractivity contribution in [2.45, 2.75) is 82.8 Å². The lowest BCUT2D eigenvalue weighted by Gasteiger charge is -2.17. The zero-order valence-corrected chi connectivity index (χ0v) is 19.9. The third kappa shape index (κ3) is 6.71. The highest BCUT2D eigenvalue weighted by Gasteiger charge is 2.45. The number of nitrogen functional groups attached to an aromatic ring is 1. The smallest absolute Gasteiger partial charge is 0.387 e. The molecule has 0 saturated carbocycles. The Bertz CT molecular complexity index is 1000. The van der Waals surface area contributed by atoms with E-state index in [9.17, 15) is 24.5 Å². The van der Waals surface area contributed by atoms with Gasteiger partial charge in [0.05, 0.1) is 12.9 Å². The van der Waals surface area contributed by atoms with Gasteiger partial charge in [0.15, 0.2) is 17.7 Å². The highest BCUT2D eigenvalue weighted by molar-refractivity contribution is 7.48. The van der Waals surface area contributed by atoms with Crippen molar-refractivity contribution in [2.24, 2.45) is 0 Å². The molecule has 190 valence electrons. The largest absolute Gasteiger partial charge is 0.529 e. The second-order valence-electron chi connectivity index (χ2n) is 8.23. The van der Waals surface area contributed by atoms with E-state index < -0.39 is 44.9 Å². The van der Waals surface area contributed by atoms with Crippen LogP contribution in [0.25, 0.3) is 11.2 Å². The molecular weight excluding hydrogens is 469 g/mol. The molecule has 1 aliphatic heterocycles. The van der Waals surface area contributed by atoms with E-state index >= 15 is 0 Å². The molecule has 2 aromatic heterocycles. The minimum atomic E-state index is -4.72. The number of hydrogen-bond acceptors (Lipinski definition) is 11. The fourth-order valence-electron chi connectivity index (χ4n) is 3.75. The molecule has 1 saturated heterocycles. The number of aromatic nitrogens is 4. The van der Waals surface area contributed by atoms with Crippen LogP contribution in [0, 0.1) is 0 Å². The summed E-state index contributed by atoms with van der Waals surface area (Å²) in [5.74, 6) is -0.705. The molecule has 14 heteroatoms. The molecule has 0 bridgehead atoms. The summed E-state index contributed by atoms with van der Waals surface area (Å²) >= 11 is 0. The second kappa shape index (κ2) is 12.0. The summed E-state index contributed by atoms with van der Waals surface area (Å²) in [7, 11) is -4.72. The van der Waals surface area contributed by atoms with Gasteiger partial charge in [-0.25, -0.2) is 19.5 Å².